The van der Waals surface area contributed by atoms with Gasteiger partial charge in [0.2, 0.25) is 0 Å². The van der Waals surface area contributed by atoms with E-state index in [0.29, 0.717) is 19.6 Å². The minimum absolute atomic E-state index is 0.0649. The predicted octanol–water partition coefficient (Wildman–Crippen LogP) is 4.12. The third-order valence-corrected chi connectivity index (χ3v) is 6.33. The fourth-order valence-electron chi connectivity index (χ4n) is 4.67. The Morgan fingerprint density at radius 1 is 0.730 bits per heavy atom. The van der Waals surface area contributed by atoms with Crippen molar-refractivity contribution in [1.29, 1.82) is 0 Å². The molecule has 3 rings (SSSR count). The van der Waals surface area contributed by atoms with E-state index >= 15 is 0 Å². The van der Waals surface area contributed by atoms with Crippen LogP contribution in [0.5, 0.6) is 0 Å². The summed E-state index contributed by atoms with van der Waals surface area (Å²) in [6.07, 6.45) is 11.7. The number of carboxylic acids is 1. The van der Waals surface area contributed by atoms with Crippen molar-refractivity contribution in [2.24, 2.45) is 0 Å². The molecule has 202 valence electrons. The first-order valence-electron chi connectivity index (χ1n) is 13.5. The lowest BCUT2D eigenvalue weighted by molar-refractivity contribution is -0.138. The molecule has 0 saturated carbocycles. The van der Waals surface area contributed by atoms with Gasteiger partial charge in [0.15, 0.2) is 0 Å². The third-order valence-electron chi connectivity index (χ3n) is 6.33. The SMILES string of the molecule is CCCN(CCC)CCCCN(CC(=O)O)Cc1ccc(CN(Cc2ncc[nH]2)Cc2ncc[nH]2)cc1. The van der Waals surface area contributed by atoms with Crippen molar-refractivity contribution in [1.82, 2.24) is 34.6 Å². The molecule has 37 heavy (non-hydrogen) atoms. The van der Waals surface area contributed by atoms with Crippen LogP contribution in [0, 0.1) is 0 Å². The molecule has 2 aromatic heterocycles. The number of aromatic amines is 2. The molecule has 0 fully saturated rings. The van der Waals surface area contributed by atoms with Gasteiger partial charge >= 0.3 is 5.97 Å². The van der Waals surface area contributed by atoms with Crippen LogP contribution >= 0.6 is 0 Å². The number of carbonyl (C=O) groups is 1. The molecule has 0 amide bonds. The van der Waals surface area contributed by atoms with Gasteiger partial charge in [-0.25, -0.2) is 9.97 Å². The van der Waals surface area contributed by atoms with Gasteiger partial charge in [0.05, 0.1) is 19.6 Å². The van der Waals surface area contributed by atoms with E-state index in [-0.39, 0.29) is 6.54 Å². The molecule has 3 N–H and O–H groups in total. The molecule has 0 radical (unpaired) electrons. The van der Waals surface area contributed by atoms with Crippen LogP contribution in [0.1, 0.15) is 62.3 Å². The maximum Gasteiger partial charge on any atom is 0.317 e. The first kappa shape index (κ1) is 28.6. The van der Waals surface area contributed by atoms with E-state index in [1.807, 2.05) is 17.3 Å². The van der Waals surface area contributed by atoms with Gasteiger partial charge in [0.25, 0.3) is 0 Å². The second-order valence-electron chi connectivity index (χ2n) is 9.69. The van der Waals surface area contributed by atoms with Crippen LogP contribution < -0.4 is 0 Å². The van der Waals surface area contributed by atoms with Crippen LogP contribution in [-0.4, -0.2) is 78.4 Å². The summed E-state index contributed by atoms with van der Waals surface area (Å²) in [5, 5.41) is 9.43. The second kappa shape index (κ2) is 16.0. The fraction of sp³-hybridized carbons (Fsp3) is 0.536. The lowest BCUT2D eigenvalue weighted by Gasteiger charge is -2.23. The molecule has 2 heterocycles. The van der Waals surface area contributed by atoms with Crippen LogP contribution in [-0.2, 0) is 31.0 Å². The van der Waals surface area contributed by atoms with Crippen molar-refractivity contribution in [3.8, 4) is 0 Å². The van der Waals surface area contributed by atoms with Gasteiger partial charge in [-0.1, -0.05) is 38.1 Å². The summed E-state index contributed by atoms with van der Waals surface area (Å²) in [5.41, 5.74) is 2.32. The Hall–Kier alpha value is -3.01. The van der Waals surface area contributed by atoms with Gasteiger partial charge in [0, 0.05) is 37.9 Å². The van der Waals surface area contributed by atoms with Crippen molar-refractivity contribution in [3.63, 3.8) is 0 Å². The molecule has 0 spiro atoms. The number of hydrogen-bond acceptors (Lipinski definition) is 6. The molecule has 3 aromatic rings. The van der Waals surface area contributed by atoms with E-state index in [0.717, 1.165) is 62.8 Å². The van der Waals surface area contributed by atoms with Gasteiger partial charge < -0.3 is 20.0 Å². The van der Waals surface area contributed by atoms with Gasteiger partial charge in [0.1, 0.15) is 11.6 Å². The first-order chi connectivity index (χ1) is 18.1. The summed E-state index contributed by atoms with van der Waals surface area (Å²) < 4.78 is 0. The van der Waals surface area contributed by atoms with Crippen LogP contribution in [0.2, 0.25) is 0 Å². The molecule has 1 aromatic carbocycles. The first-order valence-corrected chi connectivity index (χ1v) is 13.5. The Labute approximate surface area is 220 Å². The lowest BCUT2D eigenvalue weighted by Crippen LogP contribution is -2.31. The van der Waals surface area contributed by atoms with E-state index in [4.69, 9.17) is 0 Å². The minimum atomic E-state index is -0.776. The molecule has 0 atom stereocenters. The standard InChI is InChI=1S/C28H43N7O2/c1-3-15-33(16-4-2)17-5-6-18-34(23-28(36)37)19-24-7-9-25(10-8-24)20-35(21-26-29-11-12-30-26)22-27-31-13-14-32-27/h7-14H,3-6,15-23H2,1-2H3,(H,29,30)(H,31,32)(H,36,37). The molecular formula is C28H43N7O2. The number of hydrogen-bond donors (Lipinski definition) is 3. The molecule has 0 aliphatic rings. The molecule has 0 unspecified atom stereocenters. The van der Waals surface area contributed by atoms with Crippen molar-refractivity contribution < 1.29 is 9.90 Å². The largest absolute Gasteiger partial charge is 0.480 e. The Bertz CT molecular complexity index is 948. The normalized spacial score (nSPS) is 11.7. The molecule has 0 saturated heterocycles. The number of unbranched alkanes of at least 4 members (excludes halogenated alkanes) is 1. The zero-order valence-electron chi connectivity index (χ0n) is 22.4. The number of imidazole rings is 2. The van der Waals surface area contributed by atoms with E-state index in [1.54, 1.807) is 12.4 Å². The van der Waals surface area contributed by atoms with E-state index in [2.05, 4.69) is 67.8 Å². The van der Waals surface area contributed by atoms with Crippen molar-refractivity contribution >= 4 is 5.97 Å². The van der Waals surface area contributed by atoms with Crippen molar-refractivity contribution in [3.05, 3.63) is 71.8 Å². The van der Waals surface area contributed by atoms with Crippen LogP contribution in [0.3, 0.4) is 0 Å². The quantitative estimate of drug-likeness (QED) is 0.209. The summed E-state index contributed by atoms with van der Waals surface area (Å²) in [7, 11) is 0. The third kappa shape index (κ3) is 10.9. The van der Waals surface area contributed by atoms with E-state index < -0.39 is 5.97 Å². The Kier molecular flexibility index (Phi) is 12.3. The van der Waals surface area contributed by atoms with Crippen LogP contribution in [0.15, 0.2) is 49.1 Å². The number of H-pyrrole nitrogens is 2. The highest BCUT2D eigenvalue weighted by molar-refractivity contribution is 5.69. The number of aliphatic carboxylic acids is 1. The molecule has 0 aliphatic carbocycles. The topological polar surface area (TPSA) is 104 Å². The molecule has 9 nitrogen and oxygen atoms in total. The summed E-state index contributed by atoms with van der Waals surface area (Å²) in [4.78, 5) is 33.4. The lowest BCUT2D eigenvalue weighted by atomic mass is 10.1. The summed E-state index contributed by atoms with van der Waals surface area (Å²) in [5.74, 6) is 1.06. The van der Waals surface area contributed by atoms with Gasteiger partial charge in [-0.2, -0.15) is 0 Å². The highest BCUT2D eigenvalue weighted by atomic mass is 16.4. The van der Waals surface area contributed by atoms with Crippen LogP contribution in [0.25, 0.3) is 0 Å². The van der Waals surface area contributed by atoms with Gasteiger partial charge in [-0.3, -0.25) is 14.6 Å². The highest BCUT2D eigenvalue weighted by Gasteiger charge is 2.13. The van der Waals surface area contributed by atoms with Crippen molar-refractivity contribution in [2.75, 3.05) is 32.7 Å². The molecule has 0 bridgehead atoms. The smallest absolute Gasteiger partial charge is 0.317 e. The number of nitrogens with zero attached hydrogens (tertiary/aromatic N) is 5. The van der Waals surface area contributed by atoms with E-state index in [1.165, 1.54) is 18.4 Å². The maximum atomic E-state index is 11.5. The van der Waals surface area contributed by atoms with Crippen molar-refractivity contribution in [2.45, 2.75) is 65.7 Å². The minimum Gasteiger partial charge on any atom is -0.480 e. The van der Waals surface area contributed by atoms with Crippen LogP contribution in [0.4, 0.5) is 0 Å². The number of aromatic nitrogens is 4. The Morgan fingerprint density at radius 3 is 1.65 bits per heavy atom. The predicted molar refractivity (Wildman–Crippen MR) is 146 cm³/mol. The monoisotopic (exact) mass is 509 g/mol. The fourth-order valence-corrected chi connectivity index (χ4v) is 4.67. The molecule has 0 aliphatic heterocycles. The Balaban J connectivity index is 1.53. The summed E-state index contributed by atoms with van der Waals surface area (Å²) in [6, 6.07) is 8.51. The zero-order valence-corrected chi connectivity index (χ0v) is 22.4. The summed E-state index contributed by atoms with van der Waals surface area (Å²) in [6.45, 7) is 11.4. The van der Waals surface area contributed by atoms with Gasteiger partial charge in [-0.05, 0) is 63.0 Å². The zero-order chi connectivity index (χ0) is 26.3. The van der Waals surface area contributed by atoms with Gasteiger partial charge in [-0.15, -0.1) is 0 Å². The average Bonchev–Trinajstić information content (AvgIpc) is 3.57. The Morgan fingerprint density at radius 2 is 1.22 bits per heavy atom. The number of rotatable bonds is 19. The molecular weight excluding hydrogens is 466 g/mol. The maximum absolute atomic E-state index is 11.5. The van der Waals surface area contributed by atoms with E-state index in [9.17, 15) is 9.90 Å². The average molecular weight is 510 g/mol. The molecule has 9 heteroatoms. The summed E-state index contributed by atoms with van der Waals surface area (Å²) >= 11 is 0. The number of benzene rings is 1. The number of nitrogens with one attached hydrogen (secondary N) is 2. The second-order valence-corrected chi connectivity index (χ2v) is 9.69. The highest BCUT2D eigenvalue weighted by Crippen LogP contribution is 2.14. The number of carboxylic acid groups (broad SMARTS) is 1.